The standard InChI is InChI=1S/C30H31N5O7S/c1-39-23-5-3-4-22(17-23)34-43(37,38)26-16-21(18-32-28(26)40-2)19-6-7-25-20(14-19)15-24(27(31)33-25)29(36)35-10-8-30(9-11-35)41-12-13-42-30/h3-7,14-18,34H,8-13H2,1-2H3,(H2,31,33). The molecule has 224 valence electrons. The summed E-state index contributed by atoms with van der Waals surface area (Å²) in [4.78, 5) is 23.8. The summed E-state index contributed by atoms with van der Waals surface area (Å²) < 4.78 is 51.4. The van der Waals surface area contributed by atoms with Crippen molar-refractivity contribution in [1.29, 1.82) is 0 Å². The summed E-state index contributed by atoms with van der Waals surface area (Å²) in [5.74, 6) is -0.223. The first kappa shape index (κ1) is 28.6. The van der Waals surface area contributed by atoms with Crippen LogP contribution in [-0.2, 0) is 19.5 Å². The molecule has 12 nitrogen and oxygen atoms in total. The molecule has 3 N–H and O–H groups in total. The van der Waals surface area contributed by atoms with Gasteiger partial charge in [-0.15, -0.1) is 0 Å². The van der Waals surface area contributed by atoms with Gasteiger partial charge in [0, 0.05) is 49.1 Å². The van der Waals surface area contributed by atoms with E-state index in [4.69, 9.17) is 24.7 Å². The number of methoxy groups -OCH3 is 2. The van der Waals surface area contributed by atoms with E-state index in [1.165, 1.54) is 26.5 Å². The Labute approximate surface area is 248 Å². The van der Waals surface area contributed by atoms with Crippen LogP contribution in [0.2, 0.25) is 0 Å². The number of nitrogens with one attached hydrogen (secondary N) is 1. The molecule has 13 heteroatoms. The molecule has 43 heavy (non-hydrogen) atoms. The van der Waals surface area contributed by atoms with Crippen molar-refractivity contribution in [2.75, 3.05) is 51.0 Å². The van der Waals surface area contributed by atoms with Gasteiger partial charge in [0.1, 0.15) is 16.5 Å². The summed E-state index contributed by atoms with van der Waals surface area (Å²) >= 11 is 0. The number of rotatable bonds is 7. The normalized spacial score (nSPS) is 16.4. The summed E-state index contributed by atoms with van der Waals surface area (Å²) in [5, 5.41) is 0.667. The van der Waals surface area contributed by atoms with Gasteiger partial charge in [-0.2, -0.15) is 0 Å². The number of hydrogen-bond acceptors (Lipinski definition) is 10. The lowest BCUT2D eigenvalue weighted by molar-refractivity contribution is -0.181. The SMILES string of the molecule is COc1cccc(NS(=O)(=O)c2cc(-c3ccc4nc(N)c(C(=O)N5CCC6(CC5)OCCO6)cc4c3)cnc2OC)c1. The van der Waals surface area contributed by atoms with Gasteiger partial charge in [-0.25, -0.2) is 18.4 Å². The van der Waals surface area contributed by atoms with Crippen molar-refractivity contribution >= 4 is 38.3 Å². The number of sulfonamides is 1. The van der Waals surface area contributed by atoms with Crippen molar-refractivity contribution in [1.82, 2.24) is 14.9 Å². The van der Waals surface area contributed by atoms with Gasteiger partial charge in [0.05, 0.1) is 44.2 Å². The Kier molecular flexibility index (Phi) is 7.54. The van der Waals surface area contributed by atoms with E-state index in [2.05, 4.69) is 14.7 Å². The minimum atomic E-state index is -4.09. The summed E-state index contributed by atoms with van der Waals surface area (Å²) in [7, 11) is -1.23. The highest BCUT2D eigenvalue weighted by atomic mass is 32.2. The number of carbonyl (C=O) groups excluding carboxylic acids is 1. The quantitative estimate of drug-likeness (QED) is 0.319. The average molecular weight is 606 g/mol. The van der Waals surface area contributed by atoms with E-state index in [0.29, 0.717) is 78.2 Å². The fourth-order valence-corrected chi connectivity index (χ4v) is 6.58. The van der Waals surface area contributed by atoms with Gasteiger partial charge in [0.15, 0.2) is 5.79 Å². The lowest BCUT2D eigenvalue weighted by atomic mass is 10.0. The second-order valence-electron chi connectivity index (χ2n) is 10.3. The van der Waals surface area contributed by atoms with Gasteiger partial charge in [-0.3, -0.25) is 9.52 Å². The molecule has 4 heterocycles. The van der Waals surface area contributed by atoms with Crippen LogP contribution in [0, 0.1) is 0 Å². The molecule has 0 radical (unpaired) electrons. The van der Waals surface area contributed by atoms with E-state index in [0.717, 1.165) is 0 Å². The van der Waals surface area contributed by atoms with E-state index in [1.807, 2.05) is 6.07 Å². The maximum Gasteiger partial charge on any atom is 0.267 e. The fourth-order valence-electron chi connectivity index (χ4n) is 5.38. The Balaban J connectivity index is 1.30. The third-order valence-electron chi connectivity index (χ3n) is 7.66. The van der Waals surface area contributed by atoms with Crippen LogP contribution in [0.25, 0.3) is 22.0 Å². The Bertz CT molecular complexity index is 1800. The van der Waals surface area contributed by atoms with Crippen LogP contribution in [0.3, 0.4) is 0 Å². The van der Waals surface area contributed by atoms with E-state index in [1.54, 1.807) is 47.4 Å². The molecule has 0 bridgehead atoms. The van der Waals surface area contributed by atoms with Crippen molar-refractivity contribution in [3.8, 4) is 22.8 Å². The van der Waals surface area contributed by atoms with Crippen LogP contribution in [0.4, 0.5) is 11.5 Å². The van der Waals surface area contributed by atoms with Crippen molar-refractivity contribution in [3.05, 3.63) is 66.4 Å². The summed E-state index contributed by atoms with van der Waals surface area (Å²) in [6.45, 7) is 2.09. The number of anilines is 2. The molecule has 2 aromatic carbocycles. The Morgan fingerprint density at radius 2 is 1.77 bits per heavy atom. The Morgan fingerprint density at radius 1 is 1.00 bits per heavy atom. The molecule has 2 saturated heterocycles. The minimum Gasteiger partial charge on any atom is -0.497 e. The number of pyridine rings is 2. The monoisotopic (exact) mass is 605 g/mol. The number of fused-ring (bicyclic) bond motifs is 1. The molecule has 2 aromatic heterocycles. The van der Waals surface area contributed by atoms with E-state index in [9.17, 15) is 13.2 Å². The van der Waals surface area contributed by atoms with Gasteiger partial charge >= 0.3 is 0 Å². The summed E-state index contributed by atoms with van der Waals surface area (Å²) in [5.41, 5.74) is 8.64. The van der Waals surface area contributed by atoms with Crippen LogP contribution in [0.15, 0.2) is 65.7 Å². The number of likely N-dealkylation sites (tertiary alicyclic amines) is 1. The molecule has 4 aromatic rings. The lowest BCUT2D eigenvalue weighted by Crippen LogP contribution is -2.47. The predicted octanol–water partition coefficient (Wildman–Crippen LogP) is 3.68. The van der Waals surface area contributed by atoms with Crippen LogP contribution < -0.4 is 19.9 Å². The highest BCUT2D eigenvalue weighted by molar-refractivity contribution is 7.92. The number of carbonyl (C=O) groups is 1. The molecule has 1 amide bonds. The number of hydrogen-bond donors (Lipinski definition) is 2. The van der Waals surface area contributed by atoms with Crippen LogP contribution in [-0.4, -0.2) is 75.5 Å². The minimum absolute atomic E-state index is 0.0565. The first-order chi connectivity index (χ1) is 20.7. The first-order valence-electron chi connectivity index (χ1n) is 13.7. The lowest BCUT2D eigenvalue weighted by Gasteiger charge is -2.37. The summed E-state index contributed by atoms with van der Waals surface area (Å²) in [6.07, 6.45) is 2.70. The molecule has 0 unspecified atom stereocenters. The van der Waals surface area contributed by atoms with Crippen LogP contribution in [0.5, 0.6) is 11.6 Å². The van der Waals surface area contributed by atoms with Crippen molar-refractivity contribution in [2.45, 2.75) is 23.5 Å². The van der Waals surface area contributed by atoms with Crippen molar-refractivity contribution in [3.63, 3.8) is 0 Å². The Hall–Kier alpha value is -4.46. The third kappa shape index (κ3) is 5.66. The maximum atomic E-state index is 13.5. The smallest absolute Gasteiger partial charge is 0.267 e. The van der Waals surface area contributed by atoms with Crippen LogP contribution >= 0.6 is 0 Å². The van der Waals surface area contributed by atoms with Crippen LogP contribution in [0.1, 0.15) is 23.2 Å². The largest absolute Gasteiger partial charge is 0.497 e. The first-order valence-corrected chi connectivity index (χ1v) is 15.2. The van der Waals surface area contributed by atoms with E-state index < -0.39 is 15.8 Å². The fraction of sp³-hybridized carbons (Fsp3) is 0.300. The van der Waals surface area contributed by atoms with Gasteiger partial charge in [-0.05, 0) is 42.0 Å². The number of piperidine rings is 1. The Morgan fingerprint density at radius 3 is 2.49 bits per heavy atom. The molecule has 2 fully saturated rings. The molecule has 1 spiro atoms. The zero-order chi connectivity index (χ0) is 30.2. The number of nitrogens with zero attached hydrogens (tertiary/aromatic N) is 3. The highest BCUT2D eigenvalue weighted by Crippen LogP contribution is 2.34. The second kappa shape index (κ2) is 11.3. The van der Waals surface area contributed by atoms with Gasteiger partial charge in [-0.1, -0.05) is 12.1 Å². The number of aromatic nitrogens is 2. The molecule has 2 aliphatic heterocycles. The van der Waals surface area contributed by atoms with Crippen molar-refractivity contribution in [2.24, 2.45) is 0 Å². The maximum absolute atomic E-state index is 13.5. The molecule has 6 rings (SSSR count). The predicted molar refractivity (Wildman–Crippen MR) is 160 cm³/mol. The third-order valence-corrected chi connectivity index (χ3v) is 9.03. The molecule has 2 aliphatic rings. The van der Waals surface area contributed by atoms with Gasteiger partial charge < -0.3 is 29.6 Å². The number of ether oxygens (including phenoxy) is 4. The van der Waals surface area contributed by atoms with E-state index in [-0.39, 0.29) is 22.5 Å². The molecular formula is C30H31N5O7S. The van der Waals surface area contributed by atoms with Gasteiger partial charge in [0.2, 0.25) is 5.88 Å². The van der Waals surface area contributed by atoms with Crippen molar-refractivity contribution < 1.29 is 32.2 Å². The zero-order valence-corrected chi connectivity index (χ0v) is 24.5. The van der Waals surface area contributed by atoms with E-state index >= 15 is 0 Å². The number of nitrogens with two attached hydrogens (primary N) is 1. The average Bonchev–Trinajstić information content (AvgIpc) is 3.47. The topological polar surface area (TPSA) is 155 Å². The number of amides is 1. The van der Waals surface area contributed by atoms with Gasteiger partial charge in [0.25, 0.3) is 15.9 Å². The summed E-state index contributed by atoms with van der Waals surface area (Å²) in [6, 6.07) is 15.2. The number of nitrogen functional groups attached to an aromatic ring is 1. The molecule has 0 aliphatic carbocycles. The number of benzene rings is 2. The zero-order valence-electron chi connectivity index (χ0n) is 23.7. The highest BCUT2D eigenvalue weighted by Gasteiger charge is 2.41. The second-order valence-corrected chi connectivity index (χ2v) is 11.9. The molecule has 0 saturated carbocycles. The molecular weight excluding hydrogens is 574 g/mol. The molecule has 0 atom stereocenters.